The van der Waals surface area contributed by atoms with E-state index in [0.717, 1.165) is 72.3 Å². The third kappa shape index (κ3) is 4.54. The topological polar surface area (TPSA) is 43.9 Å². The van der Waals surface area contributed by atoms with Crippen molar-refractivity contribution >= 4 is 43.7 Å². The summed E-state index contributed by atoms with van der Waals surface area (Å²) >= 11 is 0. The second-order valence-corrected chi connectivity index (χ2v) is 12.6. The van der Waals surface area contributed by atoms with Gasteiger partial charge < -0.3 is 8.98 Å². The third-order valence-corrected chi connectivity index (χ3v) is 9.63. The molecule has 0 saturated carbocycles. The summed E-state index contributed by atoms with van der Waals surface area (Å²) in [5.74, 6) is 0.665. The summed E-state index contributed by atoms with van der Waals surface area (Å²) in [5, 5.41) is 4.49. The van der Waals surface area contributed by atoms with E-state index in [4.69, 9.17) is 14.4 Å². The van der Waals surface area contributed by atoms with Crippen molar-refractivity contribution < 1.29 is 4.42 Å². The van der Waals surface area contributed by atoms with Crippen LogP contribution in [0.5, 0.6) is 0 Å². The monoisotopic (exact) mass is 639 g/mol. The SMILES string of the molecule is c1ccc(-c2cc(-c3ccccc3)nc(-c3cccc4oc5c(-c6ccc7c8ccccc8n(-c8ccccc8)c7c6)cccc5c34)n2)cc1. The molecule has 0 radical (unpaired) electrons. The molecule has 0 aliphatic carbocycles. The maximum atomic E-state index is 6.75. The van der Waals surface area contributed by atoms with E-state index in [1.54, 1.807) is 0 Å². The second-order valence-electron chi connectivity index (χ2n) is 12.6. The van der Waals surface area contributed by atoms with Gasteiger partial charge in [0.15, 0.2) is 5.82 Å². The van der Waals surface area contributed by atoms with Gasteiger partial charge in [0.1, 0.15) is 11.2 Å². The van der Waals surface area contributed by atoms with E-state index in [0.29, 0.717) is 5.82 Å². The fourth-order valence-corrected chi connectivity index (χ4v) is 7.34. The molecule has 0 aliphatic rings. The average Bonchev–Trinajstić information content (AvgIpc) is 3.74. The first-order chi connectivity index (χ1) is 24.8. The molecule has 0 N–H and O–H groups in total. The Bertz CT molecular complexity index is 2800. The van der Waals surface area contributed by atoms with Gasteiger partial charge in [-0.3, -0.25) is 0 Å². The van der Waals surface area contributed by atoms with Crippen LogP contribution in [0.1, 0.15) is 0 Å². The van der Waals surface area contributed by atoms with Gasteiger partial charge in [0.05, 0.1) is 22.4 Å². The van der Waals surface area contributed by atoms with Crippen LogP contribution < -0.4 is 0 Å². The van der Waals surface area contributed by atoms with Crippen LogP contribution in [0.2, 0.25) is 0 Å². The van der Waals surface area contributed by atoms with Crippen LogP contribution >= 0.6 is 0 Å². The Morgan fingerprint density at radius 2 is 1.02 bits per heavy atom. The zero-order chi connectivity index (χ0) is 33.0. The summed E-state index contributed by atoms with van der Waals surface area (Å²) in [4.78, 5) is 10.3. The maximum absolute atomic E-state index is 6.75. The van der Waals surface area contributed by atoms with Crippen molar-refractivity contribution in [2.75, 3.05) is 0 Å². The number of benzene rings is 7. The Morgan fingerprint density at radius 3 is 1.76 bits per heavy atom. The molecule has 10 aromatic rings. The number of nitrogens with zero attached hydrogens (tertiary/aromatic N) is 3. The van der Waals surface area contributed by atoms with E-state index in [-0.39, 0.29) is 0 Å². The summed E-state index contributed by atoms with van der Waals surface area (Å²) < 4.78 is 9.11. The molecule has 0 spiro atoms. The van der Waals surface area contributed by atoms with Crippen LogP contribution in [-0.4, -0.2) is 14.5 Å². The van der Waals surface area contributed by atoms with Crippen molar-refractivity contribution in [2.24, 2.45) is 0 Å². The van der Waals surface area contributed by atoms with Crippen molar-refractivity contribution in [3.63, 3.8) is 0 Å². The first-order valence-electron chi connectivity index (χ1n) is 16.8. The Labute approximate surface area is 288 Å². The molecule has 0 bridgehead atoms. The molecular weight excluding hydrogens is 611 g/mol. The molecule has 0 aliphatic heterocycles. The molecular formula is C46H29N3O. The molecule has 3 heterocycles. The highest BCUT2D eigenvalue weighted by atomic mass is 16.3. The molecule has 7 aromatic carbocycles. The van der Waals surface area contributed by atoms with Crippen LogP contribution in [0.3, 0.4) is 0 Å². The molecule has 4 nitrogen and oxygen atoms in total. The summed E-state index contributed by atoms with van der Waals surface area (Å²) in [7, 11) is 0. The van der Waals surface area contributed by atoms with Gasteiger partial charge in [-0.15, -0.1) is 0 Å². The first kappa shape index (κ1) is 28.3. The highest BCUT2D eigenvalue weighted by Gasteiger charge is 2.20. The number of para-hydroxylation sites is 3. The Balaban J connectivity index is 1.19. The molecule has 3 aromatic heterocycles. The highest BCUT2D eigenvalue weighted by molar-refractivity contribution is 6.16. The van der Waals surface area contributed by atoms with E-state index < -0.39 is 0 Å². The summed E-state index contributed by atoms with van der Waals surface area (Å²) in [6.07, 6.45) is 0. The average molecular weight is 640 g/mol. The lowest BCUT2D eigenvalue weighted by Gasteiger charge is -2.10. The second kappa shape index (κ2) is 11.4. The van der Waals surface area contributed by atoms with Crippen LogP contribution in [-0.2, 0) is 0 Å². The zero-order valence-corrected chi connectivity index (χ0v) is 27.0. The van der Waals surface area contributed by atoms with E-state index in [9.17, 15) is 0 Å². The molecule has 0 atom stereocenters. The largest absolute Gasteiger partial charge is 0.455 e. The van der Waals surface area contributed by atoms with Gasteiger partial charge >= 0.3 is 0 Å². The van der Waals surface area contributed by atoms with Crippen LogP contribution in [0, 0.1) is 0 Å². The quantitative estimate of drug-likeness (QED) is 0.188. The minimum absolute atomic E-state index is 0.665. The van der Waals surface area contributed by atoms with Gasteiger partial charge in [0, 0.05) is 49.5 Å². The Hall–Kier alpha value is -6.78. The van der Waals surface area contributed by atoms with Gasteiger partial charge in [-0.1, -0.05) is 140 Å². The lowest BCUT2D eigenvalue weighted by molar-refractivity contribution is 0.670. The standard InChI is InChI=1S/C46H29N3O/c1-4-14-30(15-5-1)39-29-40(31-16-6-2-7-17-31)48-46(47-39)38-23-13-25-43-44(38)37-22-12-21-34(45(37)50-43)32-26-27-36-35-20-10-11-24-41(35)49(42(36)28-32)33-18-8-3-9-19-33/h1-29H. The normalized spacial score (nSPS) is 11.6. The molecule has 0 amide bonds. The van der Waals surface area contributed by atoms with Crippen molar-refractivity contribution in [2.45, 2.75) is 0 Å². The molecule has 234 valence electrons. The van der Waals surface area contributed by atoms with Crippen LogP contribution in [0.4, 0.5) is 0 Å². The van der Waals surface area contributed by atoms with Crippen molar-refractivity contribution in [3.05, 3.63) is 176 Å². The summed E-state index contributed by atoms with van der Waals surface area (Å²) in [6, 6.07) is 61.2. The predicted octanol–water partition coefficient (Wildman–Crippen LogP) is 12.1. The third-order valence-electron chi connectivity index (χ3n) is 9.63. The number of furan rings is 1. The van der Waals surface area contributed by atoms with E-state index >= 15 is 0 Å². The van der Waals surface area contributed by atoms with Gasteiger partial charge in [-0.05, 0) is 42.0 Å². The van der Waals surface area contributed by atoms with Crippen LogP contribution in [0.25, 0.3) is 94.5 Å². The van der Waals surface area contributed by atoms with Crippen molar-refractivity contribution in [3.8, 4) is 50.7 Å². The molecule has 50 heavy (non-hydrogen) atoms. The van der Waals surface area contributed by atoms with Gasteiger partial charge in [0.25, 0.3) is 0 Å². The van der Waals surface area contributed by atoms with Crippen molar-refractivity contribution in [1.29, 1.82) is 0 Å². The van der Waals surface area contributed by atoms with Crippen LogP contribution in [0.15, 0.2) is 180 Å². The van der Waals surface area contributed by atoms with E-state index in [1.165, 1.54) is 16.3 Å². The maximum Gasteiger partial charge on any atom is 0.161 e. The fourth-order valence-electron chi connectivity index (χ4n) is 7.34. The van der Waals surface area contributed by atoms with Gasteiger partial charge in [0.2, 0.25) is 0 Å². The van der Waals surface area contributed by atoms with Gasteiger partial charge in [-0.25, -0.2) is 9.97 Å². The summed E-state index contributed by atoms with van der Waals surface area (Å²) in [6.45, 7) is 0. The van der Waals surface area contributed by atoms with Crippen molar-refractivity contribution in [1.82, 2.24) is 14.5 Å². The number of fused-ring (bicyclic) bond motifs is 6. The molecule has 0 unspecified atom stereocenters. The lowest BCUT2D eigenvalue weighted by Crippen LogP contribution is -1.96. The summed E-state index contributed by atoms with van der Waals surface area (Å²) in [5.41, 5.74) is 12.0. The van der Waals surface area contributed by atoms with Gasteiger partial charge in [-0.2, -0.15) is 0 Å². The molecule has 0 saturated heterocycles. The van der Waals surface area contributed by atoms with E-state index in [1.807, 2.05) is 48.5 Å². The predicted molar refractivity (Wildman–Crippen MR) is 205 cm³/mol. The minimum atomic E-state index is 0.665. The number of hydrogen-bond donors (Lipinski definition) is 0. The minimum Gasteiger partial charge on any atom is -0.455 e. The fraction of sp³-hybridized carbons (Fsp3) is 0. The molecule has 4 heteroatoms. The molecule has 10 rings (SSSR count). The smallest absolute Gasteiger partial charge is 0.161 e. The number of rotatable bonds is 5. The number of hydrogen-bond acceptors (Lipinski definition) is 3. The lowest BCUT2D eigenvalue weighted by atomic mass is 9.99. The highest BCUT2D eigenvalue weighted by Crippen LogP contribution is 2.42. The number of aromatic nitrogens is 3. The Kier molecular flexibility index (Phi) is 6.46. The Morgan fingerprint density at radius 1 is 0.420 bits per heavy atom. The zero-order valence-electron chi connectivity index (χ0n) is 27.0. The van der Waals surface area contributed by atoms with E-state index in [2.05, 4.69) is 132 Å². The molecule has 0 fully saturated rings. The first-order valence-corrected chi connectivity index (χ1v) is 16.8.